The summed E-state index contributed by atoms with van der Waals surface area (Å²) in [6.07, 6.45) is 23.7. The molecule has 0 aromatic heterocycles. The van der Waals surface area contributed by atoms with Gasteiger partial charge in [0.15, 0.2) is 0 Å². The summed E-state index contributed by atoms with van der Waals surface area (Å²) in [5, 5.41) is 0. The lowest BCUT2D eigenvalue weighted by Gasteiger charge is -2.19. The molecule has 2 unspecified atom stereocenters. The molecule has 220 valence electrons. The fraction of sp³-hybridized carbons (Fsp3) is 0.893. The Hall–Kier alpha value is -0.760. The highest BCUT2D eigenvalue weighted by Gasteiger charge is 2.25. The summed E-state index contributed by atoms with van der Waals surface area (Å²) in [6, 6.07) is 0. The van der Waals surface area contributed by atoms with E-state index in [9.17, 15) is 14.3 Å². The molecule has 37 heavy (non-hydrogen) atoms. The van der Waals surface area contributed by atoms with Crippen molar-refractivity contribution in [3.63, 3.8) is 0 Å². The van der Waals surface area contributed by atoms with Crippen LogP contribution in [0.5, 0.6) is 0 Å². The molecule has 0 aromatic carbocycles. The summed E-state index contributed by atoms with van der Waals surface area (Å²) >= 11 is 0. The number of rotatable bonds is 28. The first-order chi connectivity index (χ1) is 17.9. The number of phosphoric acid groups is 1. The number of phosphoric ester groups is 1. The van der Waals surface area contributed by atoms with E-state index in [1.807, 2.05) is 6.92 Å². The minimum Gasteiger partial charge on any atom is -0.457 e. The van der Waals surface area contributed by atoms with Gasteiger partial charge in [-0.05, 0) is 38.5 Å². The minimum atomic E-state index is -4.23. The number of hydrogen-bond donors (Lipinski definition) is 2. The Morgan fingerprint density at radius 2 is 1.35 bits per heavy atom. The second-order valence-corrected chi connectivity index (χ2v) is 11.1. The van der Waals surface area contributed by atoms with Crippen LogP contribution in [0.3, 0.4) is 0 Å². The van der Waals surface area contributed by atoms with Gasteiger partial charge in [-0.1, -0.05) is 90.2 Å². The Bertz CT molecular complexity index is 589. The summed E-state index contributed by atoms with van der Waals surface area (Å²) in [4.78, 5) is 21.5. The fourth-order valence-electron chi connectivity index (χ4n) is 3.79. The zero-order valence-corrected chi connectivity index (χ0v) is 24.6. The number of allylic oxidation sites excluding steroid dienone is 2. The van der Waals surface area contributed by atoms with Crippen LogP contribution in [-0.2, 0) is 27.9 Å². The van der Waals surface area contributed by atoms with Gasteiger partial charge in [0.05, 0.1) is 19.8 Å². The molecule has 8 nitrogen and oxygen atoms in total. The van der Waals surface area contributed by atoms with Gasteiger partial charge in [-0.25, -0.2) is 4.57 Å². The minimum absolute atomic E-state index is 0.0967. The number of esters is 1. The summed E-state index contributed by atoms with van der Waals surface area (Å²) in [7, 11) is -4.23. The predicted molar refractivity (Wildman–Crippen MR) is 150 cm³/mol. The van der Waals surface area contributed by atoms with Gasteiger partial charge in [0.25, 0.3) is 0 Å². The van der Waals surface area contributed by atoms with E-state index in [0.717, 1.165) is 12.8 Å². The zero-order chi connectivity index (χ0) is 27.5. The van der Waals surface area contributed by atoms with Crippen LogP contribution in [0.2, 0.25) is 0 Å². The molecular weight excluding hydrogens is 493 g/mol. The third-order valence-corrected chi connectivity index (χ3v) is 6.89. The van der Waals surface area contributed by atoms with Crippen molar-refractivity contribution in [1.82, 2.24) is 0 Å². The molecule has 0 saturated carbocycles. The Kier molecular flexibility index (Phi) is 26.3. The summed E-state index contributed by atoms with van der Waals surface area (Å²) in [5.41, 5.74) is 5.27. The van der Waals surface area contributed by atoms with Crippen LogP contribution in [0.25, 0.3) is 0 Å². The Balaban J connectivity index is 3.77. The second-order valence-electron chi connectivity index (χ2n) is 9.61. The topological polar surface area (TPSA) is 117 Å². The molecule has 0 aliphatic carbocycles. The Morgan fingerprint density at radius 3 is 1.92 bits per heavy atom. The van der Waals surface area contributed by atoms with Crippen LogP contribution in [-0.4, -0.2) is 49.9 Å². The van der Waals surface area contributed by atoms with E-state index in [4.69, 9.17) is 24.3 Å². The average molecular weight is 550 g/mol. The van der Waals surface area contributed by atoms with Crippen LogP contribution in [0, 0.1) is 0 Å². The molecule has 0 fully saturated rings. The third-order valence-electron chi connectivity index (χ3n) is 5.90. The number of nitrogens with two attached hydrogens (primary N) is 1. The number of carbonyl (C=O) groups excluding carboxylic acids is 1. The van der Waals surface area contributed by atoms with Crippen molar-refractivity contribution in [2.45, 2.75) is 129 Å². The number of hydrogen-bond acceptors (Lipinski definition) is 7. The van der Waals surface area contributed by atoms with Crippen molar-refractivity contribution in [3.05, 3.63) is 12.2 Å². The van der Waals surface area contributed by atoms with Crippen LogP contribution < -0.4 is 5.73 Å². The quantitative estimate of drug-likeness (QED) is 0.0454. The van der Waals surface area contributed by atoms with E-state index < -0.39 is 13.9 Å². The summed E-state index contributed by atoms with van der Waals surface area (Å²) in [5.74, 6) is -0.386. The molecule has 0 rings (SSSR count). The van der Waals surface area contributed by atoms with Gasteiger partial charge in [-0.3, -0.25) is 13.8 Å². The molecule has 0 aromatic rings. The highest BCUT2D eigenvalue weighted by atomic mass is 31.2. The van der Waals surface area contributed by atoms with Crippen LogP contribution >= 0.6 is 7.82 Å². The van der Waals surface area contributed by atoms with Gasteiger partial charge >= 0.3 is 13.8 Å². The van der Waals surface area contributed by atoms with Crippen LogP contribution in [0.4, 0.5) is 0 Å². The monoisotopic (exact) mass is 549 g/mol. The third kappa shape index (κ3) is 26.6. The lowest BCUT2D eigenvalue weighted by molar-refractivity contribution is -0.154. The predicted octanol–water partition coefficient (Wildman–Crippen LogP) is 7.23. The van der Waals surface area contributed by atoms with Crippen molar-refractivity contribution in [2.75, 3.05) is 33.0 Å². The number of carbonyl (C=O) groups is 1. The Labute approximate surface area is 226 Å². The lowest BCUT2D eigenvalue weighted by Crippen LogP contribution is -2.28. The second kappa shape index (κ2) is 26.8. The van der Waals surface area contributed by atoms with Crippen molar-refractivity contribution in [1.29, 1.82) is 0 Å². The standard InChI is InChI=1S/C28H56NO7P/c1-3-5-6-7-8-9-10-11-12-13-14-15-16-17-18-19-20-23-33-25-27(36-28(30)21-4-2)26-35-37(31,32)34-24-22-29/h12-13,27H,3-11,14-26,29H2,1-2H3,(H,31,32)/b13-12-. The molecule has 0 saturated heterocycles. The molecule has 3 N–H and O–H groups in total. The number of ether oxygens (including phenoxy) is 2. The van der Waals surface area contributed by atoms with Gasteiger partial charge in [0.2, 0.25) is 0 Å². The first-order valence-corrected chi connectivity index (χ1v) is 16.2. The smallest absolute Gasteiger partial charge is 0.457 e. The van der Waals surface area contributed by atoms with E-state index in [1.165, 1.54) is 83.5 Å². The first-order valence-electron chi connectivity index (χ1n) is 14.7. The number of unbranched alkanes of at least 4 members (excludes halogenated alkanes) is 13. The first kappa shape index (κ1) is 36.2. The molecular formula is C28H56NO7P. The molecule has 0 spiro atoms. The molecule has 0 heterocycles. The average Bonchev–Trinajstić information content (AvgIpc) is 2.87. The van der Waals surface area contributed by atoms with Crippen molar-refractivity contribution >= 4 is 13.8 Å². The van der Waals surface area contributed by atoms with E-state index in [0.29, 0.717) is 13.0 Å². The summed E-state index contributed by atoms with van der Waals surface area (Å²) in [6.45, 7) is 4.52. The molecule has 2 atom stereocenters. The largest absolute Gasteiger partial charge is 0.472 e. The van der Waals surface area contributed by atoms with E-state index in [1.54, 1.807) is 0 Å². The molecule has 0 bridgehead atoms. The van der Waals surface area contributed by atoms with Gasteiger partial charge in [-0.15, -0.1) is 0 Å². The van der Waals surface area contributed by atoms with Gasteiger partial charge in [-0.2, -0.15) is 0 Å². The highest BCUT2D eigenvalue weighted by molar-refractivity contribution is 7.47. The van der Waals surface area contributed by atoms with Gasteiger partial charge < -0.3 is 20.1 Å². The summed E-state index contributed by atoms with van der Waals surface area (Å²) < 4.78 is 32.4. The SMILES string of the molecule is CCCCCCCCC/C=C\CCCCCCCCOCC(COP(=O)(O)OCCN)OC(=O)CCC. The maximum atomic E-state index is 11.8. The van der Waals surface area contributed by atoms with Crippen molar-refractivity contribution < 1.29 is 32.8 Å². The lowest BCUT2D eigenvalue weighted by atomic mass is 10.1. The van der Waals surface area contributed by atoms with Crippen molar-refractivity contribution in [2.24, 2.45) is 5.73 Å². The van der Waals surface area contributed by atoms with Gasteiger partial charge in [0, 0.05) is 19.6 Å². The maximum absolute atomic E-state index is 11.8. The van der Waals surface area contributed by atoms with Crippen LogP contribution in [0.15, 0.2) is 12.2 Å². The highest BCUT2D eigenvalue weighted by Crippen LogP contribution is 2.43. The molecule has 0 amide bonds. The van der Waals surface area contributed by atoms with E-state index in [-0.39, 0.29) is 38.8 Å². The van der Waals surface area contributed by atoms with E-state index >= 15 is 0 Å². The molecule has 0 aliphatic heterocycles. The zero-order valence-electron chi connectivity index (χ0n) is 23.7. The normalized spacial score (nSPS) is 14.2. The van der Waals surface area contributed by atoms with Crippen LogP contribution in [0.1, 0.15) is 123 Å². The van der Waals surface area contributed by atoms with Gasteiger partial charge in [0.1, 0.15) is 6.10 Å². The van der Waals surface area contributed by atoms with Crippen molar-refractivity contribution in [3.8, 4) is 0 Å². The molecule has 0 aliphatic rings. The molecule has 0 radical (unpaired) electrons. The Morgan fingerprint density at radius 1 is 0.784 bits per heavy atom. The van der Waals surface area contributed by atoms with E-state index in [2.05, 4.69) is 19.1 Å². The fourth-order valence-corrected chi connectivity index (χ4v) is 4.56. The maximum Gasteiger partial charge on any atom is 0.472 e. The molecule has 9 heteroatoms.